The second-order valence-electron chi connectivity index (χ2n) is 7.45. The summed E-state index contributed by atoms with van der Waals surface area (Å²) in [7, 11) is 0. The molecule has 2 heterocycles. The van der Waals surface area contributed by atoms with Crippen molar-refractivity contribution in [2.75, 3.05) is 4.90 Å². The Kier molecular flexibility index (Phi) is 4.18. The summed E-state index contributed by atoms with van der Waals surface area (Å²) in [4.78, 5) is 19.4. The zero-order valence-electron chi connectivity index (χ0n) is 14.7. The Morgan fingerprint density at radius 1 is 1.21 bits per heavy atom. The van der Waals surface area contributed by atoms with E-state index in [0.29, 0.717) is 6.42 Å². The number of aromatic nitrogens is 1. The van der Waals surface area contributed by atoms with E-state index in [4.69, 9.17) is 0 Å². The van der Waals surface area contributed by atoms with Gasteiger partial charge < -0.3 is 5.11 Å². The Labute approximate surface area is 143 Å². The molecule has 0 spiro atoms. The Hall–Kier alpha value is -2.20. The highest BCUT2D eigenvalue weighted by Crippen LogP contribution is 2.41. The molecule has 0 aliphatic carbocycles. The lowest BCUT2D eigenvalue weighted by atomic mass is 9.91. The number of rotatable bonds is 3. The quantitative estimate of drug-likeness (QED) is 0.942. The molecular weight excluding hydrogens is 300 g/mol. The van der Waals surface area contributed by atoms with Gasteiger partial charge in [-0.2, -0.15) is 0 Å². The first-order chi connectivity index (χ1) is 11.3. The summed E-state index contributed by atoms with van der Waals surface area (Å²) >= 11 is 0. The molecule has 1 amide bonds. The predicted octanol–water partition coefficient (Wildman–Crippen LogP) is 3.35. The Balaban J connectivity index is 2.04. The summed E-state index contributed by atoms with van der Waals surface area (Å²) in [5.74, 6) is 0.597. The van der Waals surface area contributed by atoms with E-state index in [0.717, 1.165) is 28.1 Å². The molecule has 1 aromatic heterocycles. The van der Waals surface area contributed by atoms with Gasteiger partial charge in [0.2, 0.25) is 5.91 Å². The fourth-order valence-corrected chi connectivity index (χ4v) is 3.43. The molecule has 1 aromatic carbocycles. The lowest BCUT2D eigenvalue weighted by Crippen LogP contribution is -2.45. The molecule has 2 aromatic rings. The molecular formula is C20H24N2O2. The predicted molar refractivity (Wildman–Crippen MR) is 95.0 cm³/mol. The van der Waals surface area contributed by atoms with Crippen molar-refractivity contribution < 1.29 is 9.90 Å². The maximum Gasteiger partial charge on any atom is 0.236 e. The number of amides is 1. The maximum absolute atomic E-state index is 13.1. The highest BCUT2D eigenvalue weighted by molar-refractivity contribution is 6.05. The first-order valence-corrected chi connectivity index (χ1v) is 8.31. The van der Waals surface area contributed by atoms with Crippen LogP contribution in [-0.2, 0) is 17.8 Å². The van der Waals surface area contributed by atoms with Crippen molar-refractivity contribution in [1.29, 1.82) is 0 Å². The van der Waals surface area contributed by atoms with E-state index >= 15 is 0 Å². The number of carbonyl (C=O) groups is 1. The van der Waals surface area contributed by atoms with Crippen LogP contribution >= 0.6 is 0 Å². The second kappa shape index (κ2) is 6.02. The van der Waals surface area contributed by atoms with E-state index in [9.17, 15) is 9.90 Å². The van der Waals surface area contributed by atoms with Crippen LogP contribution in [0, 0.1) is 6.92 Å². The molecule has 0 saturated heterocycles. The second-order valence-corrected chi connectivity index (χ2v) is 7.45. The van der Waals surface area contributed by atoms with Gasteiger partial charge in [-0.3, -0.25) is 9.69 Å². The number of aryl methyl sites for hydroxylation is 1. The van der Waals surface area contributed by atoms with Crippen LogP contribution < -0.4 is 4.90 Å². The number of anilines is 1. The SMILES string of the molecule is Cc1ccc(CO)c(CC2C(=O)N(C(C)(C)C)c3ncccc32)c1. The summed E-state index contributed by atoms with van der Waals surface area (Å²) in [6, 6.07) is 9.87. The Morgan fingerprint density at radius 3 is 2.62 bits per heavy atom. The van der Waals surface area contributed by atoms with Crippen molar-refractivity contribution in [2.45, 2.75) is 52.2 Å². The van der Waals surface area contributed by atoms with Gasteiger partial charge in [0.15, 0.2) is 0 Å². The zero-order chi connectivity index (χ0) is 17.5. The highest BCUT2D eigenvalue weighted by Gasteiger charge is 2.43. The van der Waals surface area contributed by atoms with Crippen LogP contribution in [0.2, 0.25) is 0 Å². The minimum Gasteiger partial charge on any atom is -0.392 e. The topological polar surface area (TPSA) is 53.4 Å². The molecule has 4 nitrogen and oxygen atoms in total. The number of pyridine rings is 1. The molecule has 1 N–H and O–H groups in total. The smallest absolute Gasteiger partial charge is 0.236 e. The minimum absolute atomic E-state index is 0.0145. The first-order valence-electron chi connectivity index (χ1n) is 8.31. The summed E-state index contributed by atoms with van der Waals surface area (Å²) in [6.07, 6.45) is 2.32. The summed E-state index contributed by atoms with van der Waals surface area (Å²) in [5.41, 5.74) is 3.70. The number of carbonyl (C=O) groups excluding carboxylic acids is 1. The van der Waals surface area contributed by atoms with E-state index < -0.39 is 0 Å². The van der Waals surface area contributed by atoms with Gasteiger partial charge in [0.25, 0.3) is 0 Å². The number of hydrogen-bond donors (Lipinski definition) is 1. The molecule has 1 aliphatic heterocycles. The van der Waals surface area contributed by atoms with Crippen LogP contribution in [0.5, 0.6) is 0 Å². The van der Waals surface area contributed by atoms with Gasteiger partial charge in [-0.1, -0.05) is 29.8 Å². The van der Waals surface area contributed by atoms with Crippen molar-refractivity contribution in [3.05, 3.63) is 58.8 Å². The van der Waals surface area contributed by atoms with Gasteiger partial charge in [0.1, 0.15) is 5.82 Å². The number of aliphatic hydroxyl groups excluding tert-OH is 1. The fourth-order valence-electron chi connectivity index (χ4n) is 3.43. The largest absolute Gasteiger partial charge is 0.392 e. The monoisotopic (exact) mass is 324 g/mol. The van der Waals surface area contributed by atoms with Crippen molar-refractivity contribution in [1.82, 2.24) is 4.98 Å². The van der Waals surface area contributed by atoms with E-state index in [1.807, 2.05) is 52.0 Å². The van der Waals surface area contributed by atoms with Gasteiger partial charge in [0.05, 0.1) is 12.5 Å². The number of aliphatic hydroxyl groups is 1. The lowest BCUT2D eigenvalue weighted by molar-refractivity contribution is -0.120. The van der Waals surface area contributed by atoms with Gasteiger partial charge in [-0.15, -0.1) is 0 Å². The molecule has 0 saturated carbocycles. The number of hydrogen-bond acceptors (Lipinski definition) is 3. The third-order valence-corrected chi connectivity index (χ3v) is 4.55. The first kappa shape index (κ1) is 16.7. The molecule has 1 unspecified atom stereocenters. The molecule has 1 atom stereocenters. The molecule has 0 radical (unpaired) electrons. The van der Waals surface area contributed by atoms with Crippen LogP contribution in [0.3, 0.4) is 0 Å². The van der Waals surface area contributed by atoms with Gasteiger partial charge in [-0.05, 0) is 51.3 Å². The van der Waals surface area contributed by atoms with E-state index in [2.05, 4.69) is 11.1 Å². The van der Waals surface area contributed by atoms with Gasteiger partial charge in [0, 0.05) is 17.3 Å². The molecule has 126 valence electrons. The summed E-state index contributed by atoms with van der Waals surface area (Å²) in [6.45, 7) is 8.09. The van der Waals surface area contributed by atoms with Gasteiger partial charge in [-0.25, -0.2) is 4.98 Å². The van der Waals surface area contributed by atoms with Crippen molar-refractivity contribution in [3.8, 4) is 0 Å². The molecule has 24 heavy (non-hydrogen) atoms. The summed E-state index contributed by atoms with van der Waals surface area (Å²) < 4.78 is 0. The Morgan fingerprint density at radius 2 is 1.96 bits per heavy atom. The van der Waals surface area contributed by atoms with Gasteiger partial charge >= 0.3 is 0 Å². The minimum atomic E-state index is -0.318. The average Bonchev–Trinajstić information content (AvgIpc) is 2.80. The number of nitrogens with zero attached hydrogens (tertiary/aromatic N) is 2. The third kappa shape index (κ3) is 2.82. The molecule has 0 fully saturated rings. The van der Waals surface area contributed by atoms with Crippen LogP contribution in [0.25, 0.3) is 0 Å². The average molecular weight is 324 g/mol. The number of benzene rings is 1. The third-order valence-electron chi connectivity index (χ3n) is 4.55. The van der Waals surface area contributed by atoms with Crippen LogP contribution in [0.1, 0.15) is 48.9 Å². The molecule has 3 rings (SSSR count). The maximum atomic E-state index is 13.1. The highest BCUT2D eigenvalue weighted by atomic mass is 16.3. The summed E-state index contributed by atoms with van der Waals surface area (Å²) in [5, 5.41) is 9.62. The normalized spacial score (nSPS) is 17.3. The van der Waals surface area contributed by atoms with Crippen molar-refractivity contribution >= 4 is 11.7 Å². The molecule has 1 aliphatic rings. The lowest BCUT2D eigenvalue weighted by Gasteiger charge is -2.32. The molecule has 0 bridgehead atoms. The van der Waals surface area contributed by atoms with Crippen LogP contribution in [0.4, 0.5) is 5.82 Å². The fraction of sp³-hybridized carbons (Fsp3) is 0.400. The van der Waals surface area contributed by atoms with E-state index in [-0.39, 0.29) is 24.0 Å². The Bertz CT molecular complexity index is 777. The van der Waals surface area contributed by atoms with Crippen LogP contribution in [0.15, 0.2) is 36.5 Å². The molecule has 4 heteroatoms. The van der Waals surface area contributed by atoms with Crippen molar-refractivity contribution in [2.24, 2.45) is 0 Å². The zero-order valence-corrected chi connectivity index (χ0v) is 14.7. The van der Waals surface area contributed by atoms with E-state index in [1.165, 1.54) is 0 Å². The standard InChI is InChI=1S/C20H24N2O2/c1-13-7-8-14(12-23)15(10-13)11-17-16-6-5-9-21-18(16)22(19(17)24)20(2,3)4/h5-10,17,23H,11-12H2,1-4H3. The van der Waals surface area contributed by atoms with Crippen LogP contribution in [-0.4, -0.2) is 21.5 Å². The van der Waals surface area contributed by atoms with E-state index in [1.54, 1.807) is 11.1 Å². The number of fused-ring (bicyclic) bond motifs is 1. The van der Waals surface area contributed by atoms with Crippen molar-refractivity contribution in [3.63, 3.8) is 0 Å².